The summed E-state index contributed by atoms with van der Waals surface area (Å²) in [5, 5.41) is 0.0806. The number of carbonyl (C=O) groups excluding carboxylic acids is 1. The normalized spacial score (nSPS) is 21.4. The molecule has 7 heteroatoms. The van der Waals surface area contributed by atoms with Gasteiger partial charge in [0.15, 0.2) is 8.32 Å². The maximum atomic E-state index is 11.8. The predicted octanol–water partition coefficient (Wildman–Crippen LogP) is 6.27. The maximum absolute atomic E-state index is 11.8. The van der Waals surface area contributed by atoms with Gasteiger partial charge in [-0.25, -0.2) is 4.79 Å². The van der Waals surface area contributed by atoms with Crippen LogP contribution in [0.5, 0.6) is 0 Å². The van der Waals surface area contributed by atoms with Crippen molar-refractivity contribution in [2.45, 2.75) is 105 Å². The van der Waals surface area contributed by atoms with Crippen LogP contribution in [0.15, 0.2) is 35.9 Å². The van der Waals surface area contributed by atoms with Gasteiger partial charge in [0.1, 0.15) is 0 Å². The third kappa shape index (κ3) is 8.01. The molecule has 0 bridgehead atoms. The molecule has 1 aliphatic heterocycles. The molecule has 0 radical (unpaired) electrons. The van der Waals surface area contributed by atoms with Crippen molar-refractivity contribution < 1.29 is 23.3 Å². The number of ether oxygens (including phenoxy) is 1. The first-order valence-electron chi connectivity index (χ1n) is 11.7. The molecule has 1 saturated heterocycles. The summed E-state index contributed by atoms with van der Waals surface area (Å²) in [5.74, 6) is 1.68. The largest absolute Gasteiger partial charge is 0.487 e. The zero-order chi connectivity index (χ0) is 25.0. The molecular formula is C25H45BO5Si. The highest BCUT2D eigenvalue weighted by atomic mass is 28.4. The molecule has 0 N–H and O–H groups in total. The zero-order valence-electron chi connectivity index (χ0n) is 22.4. The van der Waals surface area contributed by atoms with Crippen LogP contribution in [0.25, 0.3) is 0 Å². The van der Waals surface area contributed by atoms with Gasteiger partial charge in [0.2, 0.25) is 0 Å². The quantitative estimate of drug-likeness (QED) is 0.174. The minimum Gasteiger partial charge on any atom is -0.463 e. The van der Waals surface area contributed by atoms with Crippen LogP contribution in [0.1, 0.15) is 69.2 Å². The summed E-state index contributed by atoms with van der Waals surface area (Å²) in [6.07, 6.45) is 7.34. The van der Waals surface area contributed by atoms with Gasteiger partial charge >= 0.3 is 13.1 Å². The summed E-state index contributed by atoms with van der Waals surface area (Å²) in [6.45, 7) is 25.6. The van der Waals surface area contributed by atoms with Crippen molar-refractivity contribution >= 4 is 21.4 Å². The second-order valence-electron chi connectivity index (χ2n) is 11.2. The molecule has 0 aliphatic carbocycles. The van der Waals surface area contributed by atoms with Crippen LogP contribution < -0.4 is 0 Å². The molecule has 0 aromatic carbocycles. The SMILES string of the molecule is CCOC(=O)/C=C/[C@H](C)[C@H](/C=C/C(C)=C/B1OC(C)(C)C(C)(C)O1)O[Si](C)(C)C(C)(C)C. The monoisotopic (exact) mass is 464 g/mol. The molecule has 1 fully saturated rings. The average molecular weight is 465 g/mol. The van der Waals surface area contributed by atoms with Crippen molar-refractivity contribution in [3.63, 3.8) is 0 Å². The van der Waals surface area contributed by atoms with Crippen molar-refractivity contribution in [2.75, 3.05) is 6.61 Å². The third-order valence-electron chi connectivity index (χ3n) is 6.80. The summed E-state index contributed by atoms with van der Waals surface area (Å²) < 4.78 is 23.9. The Bertz CT molecular complexity index is 715. The fourth-order valence-electron chi connectivity index (χ4n) is 2.84. The van der Waals surface area contributed by atoms with Gasteiger partial charge in [0.25, 0.3) is 0 Å². The molecular weight excluding hydrogens is 419 g/mol. The van der Waals surface area contributed by atoms with Gasteiger partial charge in [-0.15, -0.1) is 0 Å². The molecule has 0 saturated carbocycles. The molecule has 1 rings (SSSR count). The number of carbonyl (C=O) groups is 1. The van der Waals surface area contributed by atoms with E-state index < -0.39 is 8.32 Å². The molecule has 0 amide bonds. The minimum absolute atomic E-state index is 0.00873. The Morgan fingerprint density at radius 3 is 2.06 bits per heavy atom. The molecule has 0 aromatic heterocycles. The van der Waals surface area contributed by atoms with Crippen molar-refractivity contribution in [3.8, 4) is 0 Å². The van der Waals surface area contributed by atoms with E-state index in [1.54, 1.807) is 6.92 Å². The first kappa shape index (κ1) is 28.9. The highest BCUT2D eigenvalue weighted by Gasteiger charge is 2.50. The fraction of sp³-hybridized carbons (Fsp3) is 0.720. The van der Waals surface area contributed by atoms with E-state index in [2.05, 4.69) is 52.9 Å². The highest BCUT2D eigenvalue weighted by molar-refractivity contribution is 6.74. The van der Waals surface area contributed by atoms with Crippen molar-refractivity contribution in [2.24, 2.45) is 5.92 Å². The lowest BCUT2D eigenvalue weighted by molar-refractivity contribution is -0.137. The van der Waals surface area contributed by atoms with Crippen LogP contribution in [-0.2, 0) is 23.3 Å². The highest BCUT2D eigenvalue weighted by Crippen LogP contribution is 2.39. The number of hydrogen-bond acceptors (Lipinski definition) is 5. The summed E-state index contributed by atoms with van der Waals surface area (Å²) in [7, 11) is -2.40. The maximum Gasteiger partial charge on any atom is 0.487 e. The standard InChI is InChI=1S/C25H45BO5Si/c1-13-28-22(27)17-15-20(3)21(29-32(11,12)23(4,5)6)16-14-19(2)18-26-30-24(7,8)25(9,10)31-26/h14-18,20-21H,13H2,1-12H3/b16-14+,17-15+,19-18+/t20-,21-/m0/s1. The fourth-order valence-corrected chi connectivity index (χ4v) is 4.17. The predicted molar refractivity (Wildman–Crippen MR) is 136 cm³/mol. The van der Waals surface area contributed by atoms with Gasteiger partial charge in [-0.05, 0) is 59.7 Å². The van der Waals surface area contributed by atoms with Crippen LogP contribution in [0.4, 0.5) is 0 Å². The van der Waals surface area contributed by atoms with Crippen LogP contribution in [0.2, 0.25) is 18.1 Å². The zero-order valence-corrected chi connectivity index (χ0v) is 23.4. The molecule has 0 spiro atoms. The summed E-state index contributed by atoms with van der Waals surface area (Å²) >= 11 is 0. The van der Waals surface area contributed by atoms with E-state index in [4.69, 9.17) is 18.5 Å². The number of rotatable bonds is 9. The lowest BCUT2D eigenvalue weighted by Gasteiger charge is -2.39. The third-order valence-corrected chi connectivity index (χ3v) is 11.3. The molecule has 1 heterocycles. The summed E-state index contributed by atoms with van der Waals surface area (Å²) in [4.78, 5) is 11.8. The van der Waals surface area contributed by atoms with Crippen molar-refractivity contribution in [1.29, 1.82) is 0 Å². The molecule has 1 aliphatic rings. The van der Waals surface area contributed by atoms with Crippen LogP contribution >= 0.6 is 0 Å². The molecule has 32 heavy (non-hydrogen) atoms. The van der Waals surface area contributed by atoms with E-state index in [0.717, 1.165) is 5.57 Å². The van der Waals surface area contributed by atoms with Gasteiger partial charge in [-0.1, -0.05) is 57.5 Å². The molecule has 182 valence electrons. The van der Waals surface area contributed by atoms with E-state index in [0.29, 0.717) is 6.61 Å². The Morgan fingerprint density at radius 2 is 1.59 bits per heavy atom. The summed E-state index contributed by atoms with van der Waals surface area (Å²) in [6, 6.07) is 0. The van der Waals surface area contributed by atoms with E-state index in [1.807, 2.05) is 46.7 Å². The second-order valence-corrected chi connectivity index (χ2v) is 16.0. The van der Waals surface area contributed by atoms with Crippen molar-refractivity contribution in [1.82, 2.24) is 0 Å². The molecule has 0 aromatic rings. The number of hydrogen-bond donors (Lipinski definition) is 0. The van der Waals surface area contributed by atoms with Crippen LogP contribution in [0, 0.1) is 5.92 Å². The van der Waals surface area contributed by atoms with Crippen LogP contribution in [-0.4, -0.2) is 45.3 Å². The van der Waals surface area contributed by atoms with Crippen molar-refractivity contribution in [3.05, 3.63) is 35.9 Å². The Kier molecular flexibility index (Phi) is 9.80. The van der Waals surface area contributed by atoms with E-state index >= 15 is 0 Å². The van der Waals surface area contributed by atoms with Gasteiger partial charge in [-0.2, -0.15) is 0 Å². The Labute approximate surface area is 197 Å². The first-order valence-corrected chi connectivity index (χ1v) is 14.6. The van der Waals surface area contributed by atoms with Crippen LogP contribution in [0.3, 0.4) is 0 Å². The lowest BCUT2D eigenvalue weighted by atomic mass is 9.87. The lowest BCUT2D eigenvalue weighted by Crippen LogP contribution is -2.44. The Hall–Kier alpha value is -1.15. The molecule has 0 unspecified atom stereocenters. The van der Waals surface area contributed by atoms with Gasteiger partial charge in [-0.3, -0.25) is 0 Å². The molecule has 2 atom stereocenters. The molecule has 5 nitrogen and oxygen atoms in total. The Morgan fingerprint density at radius 1 is 1.06 bits per heavy atom. The van der Waals surface area contributed by atoms with Gasteiger partial charge in [0, 0.05) is 12.0 Å². The number of allylic oxidation sites excluding steroid dienone is 2. The summed E-state index contributed by atoms with van der Waals surface area (Å²) in [5.41, 5.74) is 0.311. The van der Waals surface area contributed by atoms with E-state index in [-0.39, 0.29) is 41.3 Å². The van der Waals surface area contributed by atoms with E-state index in [1.165, 1.54) is 6.08 Å². The first-order chi connectivity index (χ1) is 14.4. The number of esters is 1. The minimum atomic E-state index is -2.02. The average Bonchev–Trinajstić information content (AvgIpc) is 2.81. The topological polar surface area (TPSA) is 54.0 Å². The smallest absolute Gasteiger partial charge is 0.463 e. The van der Waals surface area contributed by atoms with Gasteiger partial charge in [0.05, 0.1) is 23.9 Å². The Balaban J connectivity index is 3.06. The van der Waals surface area contributed by atoms with E-state index in [9.17, 15) is 4.79 Å². The second kappa shape index (κ2) is 10.9. The van der Waals surface area contributed by atoms with Gasteiger partial charge < -0.3 is 18.5 Å².